The Bertz CT molecular complexity index is 1320. The van der Waals surface area contributed by atoms with Gasteiger partial charge in [-0.2, -0.15) is 5.10 Å². The summed E-state index contributed by atoms with van der Waals surface area (Å²) in [6.07, 6.45) is 8.63. The van der Waals surface area contributed by atoms with Crippen LogP contribution in [0.4, 0.5) is 10.2 Å². The standard InChI is InChI=1S/C23H22Cl2FN5O2/c1-12(19-17(24)2-3-18(26)20(19)25)33-22-21-15(9-29-23(22)27)16(11-32-21)13-8-30-31(10-13)14-4-6-28-7-5-14/h2-3,8-12,14,28H,4-7H2,1H3,(H2,27,29)/p+1/t12-/m1/s1. The van der Waals surface area contributed by atoms with Gasteiger partial charge in [0.15, 0.2) is 11.4 Å². The minimum Gasteiger partial charge on any atom is -0.478 e. The van der Waals surface area contributed by atoms with Crippen LogP contribution >= 0.6 is 23.2 Å². The fraction of sp³-hybridized carbons (Fsp3) is 0.304. The van der Waals surface area contributed by atoms with Gasteiger partial charge in [-0.15, -0.1) is 0 Å². The summed E-state index contributed by atoms with van der Waals surface area (Å²) in [6.45, 7) is 3.92. The van der Waals surface area contributed by atoms with Crippen LogP contribution in [0.1, 0.15) is 37.5 Å². The molecule has 10 heteroatoms. The molecule has 0 amide bonds. The van der Waals surface area contributed by atoms with E-state index >= 15 is 0 Å². The molecule has 0 bridgehead atoms. The maximum absolute atomic E-state index is 14.0. The number of pyridine rings is 1. The molecule has 4 N–H and O–H groups in total. The third-order valence-electron chi connectivity index (χ3n) is 6.08. The Hall–Kier alpha value is -2.81. The van der Waals surface area contributed by atoms with Crippen LogP contribution in [-0.4, -0.2) is 27.9 Å². The first kappa shape index (κ1) is 22.0. The number of piperidine rings is 1. The molecule has 1 atom stereocenters. The molecular formula is C23H23Cl2FN5O2+. The lowest BCUT2D eigenvalue weighted by Crippen LogP contribution is -2.86. The fourth-order valence-electron chi connectivity index (χ4n) is 4.32. The van der Waals surface area contributed by atoms with E-state index in [9.17, 15) is 4.39 Å². The monoisotopic (exact) mass is 490 g/mol. The Balaban J connectivity index is 1.49. The van der Waals surface area contributed by atoms with E-state index in [0.29, 0.717) is 22.2 Å². The van der Waals surface area contributed by atoms with Gasteiger partial charge in [-0.1, -0.05) is 23.2 Å². The van der Waals surface area contributed by atoms with Gasteiger partial charge in [-0.25, -0.2) is 9.37 Å². The number of benzene rings is 1. The molecule has 0 unspecified atom stereocenters. The summed E-state index contributed by atoms with van der Waals surface area (Å²) in [5, 5.41) is 7.84. The van der Waals surface area contributed by atoms with Crippen molar-refractivity contribution in [1.29, 1.82) is 0 Å². The van der Waals surface area contributed by atoms with Gasteiger partial charge < -0.3 is 20.2 Å². The molecule has 0 saturated carbocycles. The topological polar surface area (TPSA) is 95.7 Å². The Labute approximate surface area is 199 Å². The number of hydrogen-bond donors (Lipinski definition) is 2. The van der Waals surface area contributed by atoms with E-state index in [-0.39, 0.29) is 16.6 Å². The summed E-state index contributed by atoms with van der Waals surface area (Å²) in [5.41, 5.74) is 8.64. The molecule has 0 spiro atoms. The zero-order valence-electron chi connectivity index (χ0n) is 17.9. The number of furan rings is 1. The van der Waals surface area contributed by atoms with Crippen LogP contribution in [0.3, 0.4) is 0 Å². The van der Waals surface area contributed by atoms with Crippen LogP contribution < -0.4 is 15.8 Å². The maximum atomic E-state index is 14.0. The first-order valence-corrected chi connectivity index (χ1v) is 11.5. The number of aromatic nitrogens is 3. The number of hydrogen-bond acceptors (Lipinski definition) is 5. The van der Waals surface area contributed by atoms with Gasteiger partial charge in [-0.3, -0.25) is 4.68 Å². The van der Waals surface area contributed by atoms with E-state index in [4.69, 9.17) is 38.1 Å². The van der Waals surface area contributed by atoms with E-state index in [1.54, 1.807) is 19.4 Å². The molecule has 1 aliphatic heterocycles. The summed E-state index contributed by atoms with van der Waals surface area (Å²) in [5.74, 6) is -0.185. The highest BCUT2D eigenvalue weighted by Crippen LogP contribution is 2.41. The Morgan fingerprint density at radius 1 is 1.27 bits per heavy atom. The first-order valence-electron chi connectivity index (χ1n) is 10.8. The lowest BCUT2D eigenvalue weighted by atomic mass is 10.1. The van der Waals surface area contributed by atoms with Crippen molar-refractivity contribution >= 4 is 40.0 Å². The number of anilines is 1. The van der Waals surface area contributed by atoms with Gasteiger partial charge >= 0.3 is 0 Å². The molecule has 4 aromatic rings. The van der Waals surface area contributed by atoms with Crippen molar-refractivity contribution in [2.75, 3.05) is 18.8 Å². The summed E-state index contributed by atoms with van der Waals surface area (Å²) in [6, 6.07) is 3.05. The second-order valence-electron chi connectivity index (χ2n) is 8.19. The summed E-state index contributed by atoms with van der Waals surface area (Å²) >= 11 is 12.4. The molecule has 1 fully saturated rings. The first-order chi connectivity index (χ1) is 15.9. The minimum atomic E-state index is -0.699. The van der Waals surface area contributed by atoms with Crippen LogP contribution in [0.25, 0.3) is 22.1 Å². The van der Waals surface area contributed by atoms with Crippen molar-refractivity contribution in [3.8, 4) is 16.9 Å². The molecule has 7 nitrogen and oxygen atoms in total. The van der Waals surface area contributed by atoms with Crippen molar-refractivity contribution < 1.29 is 18.9 Å². The quantitative estimate of drug-likeness (QED) is 0.393. The summed E-state index contributed by atoms with van der Waals surface area (Å²) in [4.78, 5) is 4.29. The van der Waals surface area contributed by atoms with E-state index in [0.717, 1.165) is 42.4 Å². The number of nitrogens with two attached hydrogens (primary N) is 2. The molecule has 3 aromatic heterocycles. The third kappa shape index (κ3) is 4.03. The Morgan fingerprint density at radius 3 is 2.85 bits per heavy atom. The molecular weight excluding hydrogens is 468 g/mol. The predicted octanol–water partition coefficient (Wildman–Crippen LogP) is 4.76. The van der Waals surface area contributed by atoms with Gasteiger partial charge in [0.05, 0.1) is 35.7 Å². The lowest BCUT2D eigenvalue weighted by Gasteiger charge is -2.20. The predicted molar refractivity (Wildman–Crippen MR) is 125 cm³/mol. The summed E-state index contributed by atoms with van der Waals surface area (Å²) in [7, 11) is 0. The van der Waals surface area contributed by atoms with E-state index in [2.05, 4.69) is 15.4 Å². The van der Waals surface area contributed by atoms with Crippen molar-refractivity contribution in [2.45, 2.75) is 31.9 Å². The number of fused-ring (bicyclic) bond motifs is 1. The molecule has 33 heavy (non-hydrogen) atoms. The van der Waals surface area contributed by atoms with Gasteiger partial charge in [0.25, 0.3) is 0 Å². The number of ether oxygens (including phenoxy) is 1. The number of halogens is 3. The average Bonchev–Trinajstić information content (AvgIpc) is 3.46. The van der Waals surface area contributed by atoms with E-state index in [1.165, 1.54) is 12.1 Å². The average molecular weight is 491 g/mol. The van der Waals surface area contributed by atoms with Crippen LogP contribution in [0.5, 0.6) is 5.75 Å². The second kappa shape index (κ2) is 8.85. The molecule has 1 aliphatic rings. The van der Waals surface area contributed by atoms with Gasteiger partial charge in [-0.05, 0) is 19.1 Å². The Morgan fingerprint density at radius 2 is 2.06 bits per heavy atom. The van der Waals surface area contributed by atoms with Crippen LogP contribution in [0.2, 0.25) is 10.0 Å². The highest BCUT2D eigenvalue weighted by atomic mass is 35.5. The third-order valence-corrected chi connectivity index (χ3v) is 6.79. The van der Waals surface area contributed by atoms with Gasteiger partial charge in [0.1, 0.15) is 18.2 Å². The maximum Gasteiger partial charge on any atom is 0.205 e. The van der Waals surface area contributed by atoms with Gasteiger partial charge in [0, 0.05) is 46.9 Å². The van der Waals surface area contributed by atoms with Crippen LogP contribution in [0.15, 0.2) is 41.4 Å². The van der Waals surface area contributed by atoms with Crippen molar-refractivity contribution in [3.05, 3.63) is 58.4 Å². The van der Waals surface area contributed by atoms with Crippen molar-refractivity contribution in [3.63, 3.8) is 0 Å². The molecule has 5 rings (SSSR count). The molecule has 0 radical (unpaired) electrons. The Kier molecular flexibility index (Phi) is 5.90. The van der Waals surface area contributed by atoms with Crippen LogP contribution in [0, 0.1) is 5.82 Å². The largest absolute Gasteiger partial charge is 0.478 e. The summed E-state index contributed by atoms with van der Waals surface area (Å²) < 4.78 is 28.0. The smallest absolute Gasteiger partial charge is 0.205 e. The minimum absolute atomic E-state index is 0.0958. The second-order valence-corrected chi connectivity index (χ2v) is 8.97. The normalized spacial score (nSPS) is 15.8. The highest BCUT2D eigenvalue weighted by Gasteiger charge is 2.24. The molecule has 1 aromatic carbocycles. The number of nitrogens with zero attached hydrogens (tertiary/aromatic N) is 3. The number of nitrogen functional groups attached to an aromatic ring is 1. The van der Waals surface area contributed by atoms with E-state index < -0.39 is 11.9 Å². The van der Waals surface area contributed by atoms with Crippen molar-refractivity contribution in [2.24, 2.45) is 0 Å². The SMILES string of the molecule is C[C@@H](Oc1c(N)ncc2c(-c3cnn(C4CC[NH2+]CC4)c3)coc12)c1c(Cl)ccc(F)c1Cl. The molecule has 0 aliphatic carbocycles. The van der Waals surface area contributed by atoms with E-state index in [1.807, 2.05) is 17.1 Å². The lowest BCUT2D eigenvalue weighted by molar-refractivity contribution is -0.664. The number of rotatable bonds is 5. The molecule has 1 saturated heterocycles. The van der Waals surface area contributed by atoms with Gasteiger partial charge in [0.2, 0.25) is 5.75 Å². The molecule has 4 heterocycles. The van der Waals surface area contributed by atoms with Crippen LogP contribution in [-0.2, 0) is 0 Å². The fourth-order valence-corrected chi connectivity index (χ4v) is 5.00. The highest BCUT2D eigenvalue weighted by molar-refractivity contribution is 6.36. The molecule has 172 valence electrons. The zero-order valence-corrected chi connectivity index (χ0v) is 19.4. The number of quaternary nitrogens is 1. The van der Waals surface area contributed by atoms with Crippen molar-refractivity contribution in [1.82, 2.24) is 14.8 Å². The zero-order chi connectivity index (χ0) is 23.1.